The summed E-state index contributed by atoms with van der Waals surface area (Å²) in [6.45, 7) is 1.45. The van der Waals surface area contributed by atoms with Gasteiger partial charge < -0.3 is 10.0 Å². The predicted molar refractivity (Wildman–Crippen MR) is 69.1 cm³/mol. The Kier molecular flexibility index (Phi) is 4.92. The second kappa shape index (κ2) is 5.87. The molecule has 0 saturated carbocycles. The van der Waals surface area contributed by atoms with Crippen LogP contribution in [0.3, 0.4) is 0 Å². The number of sulfonamides is 1. The third kappa shape index (κ3) is 3.24. The largest absolute Gasteiger partial charge is 0.480 e. The molecule has 1 fully saturated rings. The third-order valence-electron chi connectivity index (χ3n) is 3.30. The second-order valence-corrected chi connectivity index (χ2v) is 7.09. The maximum Gasteiger partial charge on any atom is 0.322 e. The fourth-order valence-electron chi connectivity index (χ4n) is 2.15. The van der Waals surface area contributed by atoms with Crippen molar-refractivity contribution in [1.29, 1.82) is 0 Å². The molecule has 0 aromatic heterocycles. The summed E-state index contributed by atoms with van der Waals surface area (Å²) in [4.78, 5) is 24.1. The fourth-order valence-corrected chi connectivity index (χ4v) is 3.96. The smallest absolute Gasteiger partial charge is 0.322 e. The number of rotatable bonds is 4. The lowest BCUT2D eigenvalue weighted by molar-refractivity contribution is -0.142. The highest BCUT2D eigenvalue weighted by molar-refractivity contribution is 7.90. The number of aliphatic carboxylic acids is 1. The number of nitrogens with zero attached hydrogens (tertiary/aromatic N) is 2. The first-order chi connectivity index (χ1) is 8.69. The van der Waals surface area contributed by atoms with Crippen molar-refractivity contribution in [3.63, 3.8) is 0 Å². The minimum Gasteiger partial charge on any atom is -0.480 e. The summed E-state index contributed by atoms with van der Waals surface area (Å²) in [6.07, 6.45) is 1.59. The first-order valence-corrected chi connectivity index (χ1v) is 7.64. The number of piperidine rings is 1. The van der Waals surface area contributed by atoms with Gasteiger partial charge in [0.1, 0.15) is 6.04 Å². The van der Waals surface area contributed by atoms with Gasteiger partial charge in [-0.1, -0.05) is 0 Å². The molecular formula is C11H20N2O5S. The highest BCUT2D eigenvalue weighted by atomic mass is 32.2. The average Bonchev–Trinajstić information content (AvgIpc) is 2.36. The first-order valence-electron chi connectivity index (χ1n) is 6.14. The minimum atomic E-state index is -3.94. The molecule has 2 atom stereocenters. The molecule has 1 N–H and O–H groups in total. The van der Waals surface area contributed by atoms with Crippen LogP contribution < -0.4 is 0 Å². The van der Waals surface area contributed by atoms with Gasteiger partial charge in [-0.05, 0) is 26.2 Å². The highest BCUT2D eigenvalue weighted by Gasteiger charge is 2.42. The molecule has 19 heavy (non-hydrogen) atoms. The summed E-state index contributed by atoms with van der Waals surface area (Å²) in [6, 6.07) is -1.06. The van der Waals surface area contributed by atoms with Gasteiger partial charge in [-0.25, -0.2) is 8.42 Å². The van der Waals surface area contributed by atoms with Crippen LogP contribution in [0.4, 0.5) is 0 Å². The van der Waals surface area contributed by atoms with E-state index in [0.29, 0.717) is 12.8 Å². The van der Waals surface area contributed by atoms with E-state index in [0.717, 1.165) is 4.31 Å². The van der Waals surface area contributed by atoms with Crippen molar-refractivity contribution in [1.82, 2.24) is 9.21 Å². The molecule has 0 radical (unpaired) electrons. The van der Waals surface area contributed by atoms with Gasteiger partial charge in [-0.3, -0.25) is 9.59 Å². The lowest BCUT2D eigenvalue weighted by atomic mass is 10.1. The van der Waals surface area contributed by atoms with Crippen molar-refractivity contribution in [2.75, 3.05) is 20.6 Å². The molecule has 0 aromatic carbocycles. The lowest BCUT2D eigenvalue weighted by Crippen LogP contribution is -2.53. The van der Waals surface area contributed by atoms with Gasteiger partial charge in [0.05, 0.1) is 0 Å². The van der Waals surface area contributed by atoms with Gasteiger partial charge in [-0.2, -0.15) is 4.31 Å². The Balaban J connectivity index is 3.03. The van der Waals surface area contributed by atoms with Crippen molar-refractivity contribution in [3.05, 3.63) is 0 Å². The minimum absolute atomic E-state index is 0.157. The van der Waals surface area contributed by atoms with Crippen LogP contribution in [0.5, 0.6) is 0 Å². The Hall–Kier alpha value is -1.15. The maximum absolute atomic E-state index is 12.4. The third-order valence-corrected chi connectivity index (χ3v) is 5.49. The van der Waals surface area contributed by atoms with E-state index in [1.165, 1.54) is 25.9 Å². The molecule has 0 bridgehead atoms. The van der Waals surface area contributed by atoms with Gasteiger partial charge in [0.25, 0.3) is 0 Å². The van der Waals surface area contributed by atoms with Crippen molar-refractivity contribution < 1.29 is 23.1 Å². The van der Waals surface area contributed by atoms with Crippen molar-refractivity contribution in [2.24, 2.45) is 0 Å². The molecule has 110 valence electrons. The number of carboxylic acid groups (broad SMARTS) is 1. The summed E-state index contributed by atoms with van der Waals surface area (Å²) >= 11 is 0. The normalized spacial score (nSPS) is 22.8. The van der Waals surface area contributed by atoms with E-state index in [4.69, 9.17) is 5.11 Å². The molecule has 1 saturated heterocycles. The number of carbonyl (C=O) groups is 2. The number of hydrogen-bond donors (Lipinski definition) is 1. The number of carboxylic acids is 1. The Labute approximate surface area is 113 Å². The van der Waals surface area contributed by atoms with Crippen molar-refractivity contribution in [3.8, 4) is 0 Å². The molecule has 1 aliphatic rings. The van der Waals surface area contributed by atoms with Gasteiger partial charge in [0, 0.05) is 20.6 Å². The first kappa shape index (κ1) is 15.9. The molecule has 0 spiro atoms. The van der Waals surface area contributed by atoms with Crippen LogP contribution in [0.25, 0.3) is 0 Å². The van der Waals surface area contributed by atoms with Gasteiger partial charge in [0.15, 0.2) is 5.25 Å². The molecule has 0 aromatic rings. The Bertz CT molecular complexity index is 460. The standard InChI is InChI=1S/C11H20N2O5S/c1-8(10(14)12(2)3)19(17,18)13-7-5-4-6-9(13)11(15)16/h8-9H,4-7H2,1-3H3,(H,15,16). The molecule has 7 nitrogen and oxygen atoms in total. The highest BCUT2D eigenvalue weighted by Crippen LogP contribution is 2.23. The molecule has 8 heteroatoms. The van der Waals surface area contributed by atoms with E-state index in [-0.39, 0.29) is 13.0 Å². The van der Waals surface area contributed by atoms with Crippen LogP contribution in [-0.2, 0) is 19.6 Å². The van der Waals surface area contributed by atoms with Gasteiger partial charge >= 0.3 is 5.97 Å². The number of carbonyl (C=O) groups excluding carboxylic acids is 1. The summed E-state index contributed by atoms with van der Waals surface area (Å²) < 4.78 is 25.7. The predicted octanol–water partition coefficient (Wildman–Crippen LogP) is -0.268. The van der Waals surface area contributed by atoms with Crippen molar-refractivity contribution >= 4 is 21.9 Å². The lowest BCUT2D eigenvalue weighted by Gasteiger charge is -2.34. The summed E-state index contributed by atoms with van der Waals surface area (Å²) in [5.74, 6) is -1.71. The molecule has 1 heterocycles. The van der Waals surface area contributed by atoms with Gasteiger partial charge in [0.2, 0.25) is 15.9 Å². The van der Waals surface area contributed by atoms with Crippen LogP contribution in [0, 0.1) is 0 Å². The van der Waals surface area contributed by atoms with Crippen LogP contribution >= 0.6 is 0 Å². The van der Waals surface area contributed by atoms with E-state index in [1.54, 1.807) is 0 Å². The summed E-state index contributed by atoms with van der Waals surface area (Å²) in [5, 5.41) is 7.84. The molecule has 1 amide bonds. The second-order valence-electron chi connectivity index (χ2n) is 4.88. The Morgan fingerprint density at radius 1 is 1.32 bits per heavy atom. The van der Waals surface area contributed by atoms with Crippen molar-refractivity contribution in [2.45, 2.75) is 37.5 Å². The molecule has 1 rings (SSSR count). The van der Waals surface area contributed by atoms with E-state index in [9.17, 15) is 18.0 Å². The van der Waals surface area contributed by atoms with Crippen LogP contribution in [-0.4, -0.2) is 66.5 Å². The Morgan fingerprint density at radius 2 is 1.89 bits per heavy atom. The topological polar surface area (TPSA) is 95.0 Å². The zero-order chi connectivity index (χ0) is 14.8. The molecule has 0 aliphatic carbocycles. The molecular weight excluding hydrogens is 272 g/mol. The van der Waals surface area contributed by atoms with E-state index in [1.807, 2.05) is 0 Å². The number of hydrogen-bond acceptors (Lipinski definition) is 4. The van der Waals surface area contributed by atoms with Gasteiger partial charge in [-0.15, -0.1) is 0 Å². The quantitative estimate of drug-likeness (QED) is 0.769. The number of amides is 1. The summed E-state index contributed by atoms with van der Waals surface area (Å²) in [7, 11) is -0.996. The fraction of sp³-hybridized carbons (Fsp3) is 0.818. The van der Waals surface area contributed by atoms with E-state index >= 15 is 0 Å². The average molecular weight is 292 g/mol. The molecule has 2 unspecified atom stereocenters. The van der Waals surface area contributed by atoms with E-state index < -0.39 is 33.2 Å². The monoisotopic (exact) mass is 292 g/mol. The van der Waals surface area contributed by atoms with Crippen LogP contribution in [0.15, 0.2) is 0 Å². The summed E-state index contributed by atoms with van der Waals surface area (Å²) in [5.41, 5.74) is 0. The zero-order valence-electron chi connectivity index (χ0n) is 11.4. The zero-order valence-corrected chi connectivity index (χ0v) is 12.2. The molecule has 1 aliphatic heterocycles. The van der Waals surface area contributed by atoms with Crippen LogP contribution in [0.1, 0.15) is 26.2 Å². The SMILES string of the molecule is CC(C(=O)N(C)C)S(=O)(=O)N1CCCCC1C(=O)O. The van der Waals surface area contributed by atoms with E-state index in [2.05, 4.69) is 0 Å². The van der Waals surface area contributed by atoms with Crippen LogP contribution in [0.2, 0.25) is 0 Å². The Morgan fingerprint density at radius 3 is 2.37 bits per heavy atom. The maximum atomic E-state index is 12.4.